The SMILES string of the molecule is C=C(C)C(=O)OC12CC3CC(O)(CC(CC)(C3)C1)C2. The summed E-state index contributed by atoms with van der Waals surface area (Å²) in [7, 11) is 0. The molecule has 0 saturated heterocycles. The van der Waals surface area contributed by atoms with E-state index in [1.807, 2.05) is 0 Å². The molecule has 4 atom stereocenters. The van der Waals surface area contributed by atoms with Gasteiger partial charge >= 0.3 is 5.97 Å². The van der Waals surface area contributed by atoms with E-state index in [2.05, 4.69) is 13.5 Å². The summed E-state index contributed by atoms with van der Waals surface area (Å²) in [4.78, 5) is 11.9. The Morgan fingerprint density at radius 1 is 1.32 bits per heavy atom. The summed E-state index contributed by atoms with van der Waals surface area (Å²) in [5.41, 5.74) is -0.401. The van der Waals surface area contributed by atoms with Crippen molar-refractivity contribution >= 4 is 5.97 Å². The molecule has 3 heteroatoms. The number of ether oxygens (including phenoxy) is 1. The van der Waals surface area contributed by atoms with Crippen molar-refractivity contribution in [2.75, 3.05) is 0 Å². The minimum Gasteiger partial charge on any atom is -0.456 e. The smallest absolute Gasteiger partial charge is 0.333 e. The predicted octanol–water partition coefficient (Wildman–Crippen LogP) is 2.97. The first-order valence-corrected chi connectivity index (χ1v) is 7.41. The molecule has 0 aromatic heterocycles. The summed E-state index contributed by atoms with van der Waals surface area (Å²) in [5, 5.41) is 10.8. The van der Waals surface area contributed by atoms with Crippen molar-refractivity contribution in [3.8, 4) is 0 Å². The second-order valence-corrected chi connectivity index (χ2v) is 7.44. The average Bonchev–Trinajstić information content (AvgIpc) is 2.24. The van der Waals surface area contributed by atoms with Crippen LogP contribution in [-0.4, -0.2) is 22.3 Å². The van der Waals surface area contributed by atoms with Crippen LogP contribution in [0, 0.1) is 11.3 Å². The average molecular weight is 264 g/mol. The van der Waals surface area contributed by atoms with Gasteiger partial charge in [-0.2, -0.15) is 0 Å². The van der Waals surface area contributed by atoms with Gasteiger partial charge in [0.05, 0.1) is 5.60 Å². The maximum Gasteiger partial charge on any atom is 0.333 e. The molecule has 0 aromatic rings. The number of rotatable bonds is 3. The van der Waals surface area contributed by atoms with Crippen molar-refractivity contribution < 1.29 is 14.6 Å². The van der Waals surface area contributed by atoms with Gasteiger partial charge in [-0.05, 0) is 50.4 Å². The van der Waals surface area contributed by atoms with Gasteiger partial charge in [0.25, 0.3) is 0 Å². The minimum absolute atomic E-state index is 0.184. The van der Waals surface area contributed by atoms with Crippen LogP contribution in [0.4, 0.5) is 0 Å². The van der Waals surface area contributed by atoms with E-state index in [0.717, 1.165) is 32.1 Å². The lowest BCUT2D eigenvalue weighted by Crippen LogP contribution is -2.64. The fraction of sp³-hybridized carbons (Fsp3) is 0.812. The molecule has 1 N–H and O–H groups in total. The van der Waals surface area contributed by atoms with E-state index in [-0.39, 0.29) is 11.4 Å². The standard InChI is InChI=1S/C16H24O3/c1-4-14-5-12-6-15(18,8-14)10-16(7-12,9-14)19-13(17)11(2)3/h12,18H,2,4-10H2,1,3H3. The van der Waals surface area contributed by atoms with Crippen LogP contribution in [0.15, 0.2) is 12.2 Å². The van der Waals surface area contributed by atoms with Crippen LogP contribution in [0.2, 0.25) is 0 Å². The highest BCUT2D eigenvalue weighted by Gasteiger charge is 2.64. The molecule has 0 aromatic carbocycles. The fourth-order valence-corrected chi connectivity index (χ4v) is 5.29. The Balaban J connectivity index is 1.90. The molecule has 4 saturated carbocycles. The van der Waals surface area contributed by atoms with Gasteiger partial charge in [-0.15, -0.1) is 0 Å². The van der Waals surface area contributed by atoms with E-state index < -0.39 is 11.2 Å². The lowest BCUT2D eigenvalue weighted by molar-refractivity contribution is -0.241. The fourth-order valence-electron chi connectivity index (χ4n) is 5.29. The highest BCUT2D eigenvalue weighted by molar-refractivity contribution is 5.87. The molecule has 4 bridgehead atoms. The van der Waals surface area contributed by atoms with Crippen molar-refractivity contribution in [1.29, 1.82) is 0 Å². The number of esters is 1. The van der Waals surface area contributed by atoms with E-state index >= 15 is 0 Å². The molecule has 4 rings (SSSR count). The predicted molar refractivity (Wildman–Crippen MR) is 72.5 cm³/mol. The van der Waals surface area contributed by atoms with E-state index in [1.165, 1.54) is 6.42 Å². The molecule has 0 spiro atoms. The summed E-state index contributed by atoms with van der Waals surface area (Å²) < 4.78 is 5.81. The number of carbonyl (C=O) groups excluding carboxylic acids is 1. The lowest BCUT2D eigenvalue weighted by atomic mass is 9.45. The van der Waals surface area contributed by atoms with Crippen LogP contribution in [0.25, 0.3) is 0 Å². The molecule has 3 nitrogen and oxygen atoms in total. The molecule has 4 aliphatic rings. The number of aliphatic hydroxyl groups is 1. The molecule has 0 amide bonds. The second-order valence-electron chi connectivity index (χ2n) is 7.44. The van der Waals surface area contributed by atoms with Gasteiger partial charge in [-0.3, -0.25) is 0 Å². The third kappa shape index (κ3) is 2.03. The third-order valence-electron chi connectivity index (χ3n) is 5.51. The number of hydrogen-bond acceptors (Lipinski definition) is 3. The second kappa shape index (κ2) is 3.85. The number of carbonyl (C=O) groups is 1. The first-order chi connectivity index (χ1) is 8.79. The van der Waals surface area contributed by atoms with E-state index in [9.17, 15) is 9.90 Å². The van der Waals surface area contributed by atoms with Crippen LogP contribution in [0.1, 0.15) is 58.8 Å². The molecule has 19 heavy (non-hydrogen) atoms. The zero-order valence-corrected chi connectivity index (χ0v) is 12.0. The van der Waals surface area contributed by atoms with Crippen LogP contribution >= 0.6 is 0 Å². The summed E-state index contributed by atoms with van der Waals surface area (Å²) in [6, 6.07) is 0. The Labute approximate surface area is 115 Å². The Bertz CT molecular complexity index is 443. The quantitative estimate of drug-likeness (QED) is 0.629. The molecule has 4 fully saturated rings. The summed E-state index contributed by atoms with van der Waals surface area (Å²) in [5.74, 6) is 0.218. The first kappa shape index (κ1) is 13.2. The zero-order valence-electron chi connectivity index (χ0n) is 12.0. The monoisotopic (exact) mass is 264 g/mol. The van der Waals surface area contributed by atoms with Gasteiger partial charge in [-0.25, -0.2) is 4.79 Å². The highest BCUT2D eigenvalue weighted by Crippen LogP contribution is 2.65. The molecule has 4 unspecified atom stereocenters. The maximum absolute atomic E-state index is 11.9. The van der Waals surface area contributed by atoms with Crippen LogP contribution in [0.3, 0.4) is 0 Å². The Morgan fingerprint density at radius 3 is 2.63 bits per heavy atom. The molecule has 4 aliphatic carbocycles. The van der Waals surface area contributed by atoms with E-state index in [0.29, 0.717) is 17.9 Å². The van der Waals surface area contributed by atoms with Gasteiger partial charge < -0.3 is 9.84 Å². The van der Waals surface area contributed by atoms with Crippen molar-refractivity contribution in [3.63, 3.8) is 0 Å². The van der Waals surface area contributed by atoms with Crippen molar-refractivity contribution in [2.45, 2.75) is 70.0 Å². The van der Waals surface area contributed by atoms with Crippen LogP contribution < -0.4 is 0 Å². The lowest BCUT2D eigenvalue weighted by Gasteiger charge is -2.64. The van der Waals surface area contributed by atoms with E-state index in [4.69, 9.17) is 4.74 Å². The highest BCUT2D eigenvalue weighted by atomic mass is 16.6. The minimum atomic E-state index is -0.606. The van der Waals surface area contributed by atoms with E-state index in [1.54, 1.807) is 6.92 Å². The van der Waals surface area contributed by atoms with Crippen molar-refractivity contribution in [1.82, 2.24) is 0 Å². The van der Waals surface area contributed by atoms with Crippen LogP contribution in [0.5, 0.6) is 0 Å². The Kier molecular flexibility index (Phi) is 2.66. The van der Waals surface area contributed by atoms with Gasteiger partial charge in [0.2, 0.25) is 0 Å². The first-order valence-electron chi connectivity index (χ1n) is 7.41. The molecule has 0 radical (unpaired) electrons. The summed E-state index contributed by atoms with van der Waals surface area (Å²) in [6.07, 6.45) is 6.51. The van der Waals surface area contributed by atoms with Crippen molar-refractivity contribution in [3.05, 3.63) is 12.2 Å². The third-order valence-corrected chi connectivity index (χ3v) is 5.51. The molecule has 0 heterocycles. The topological polar surface area (TPSA) is 46.5 Å². The normalized spacial score (nSPS) is 47.2. The van der Waals surface area contributed by atoms with Gasteiger partial charge in [0.15, 0.2) is 0 Å². The van der Waals surface area contributed by atoms with Crippen LogP contribution in [-0.2, 0) is 9.53 Å². The van der Waals surface area contributed by atoms with Crippen molar-refractivity contribution in [2.24, 2.45) is 11.3 Å². The molecule has 0 aliphatic heterocycles. The van der Waals surface area contributed by atoms with Gasteiger partial charge in [-0.1, -0.05) is 19.9 Å². The van der Waals surface area contributed by atoms with Gasteiger partial charge in [0.1, 0.15) is 5.60 Å². The maximum atomic E-state index is 11.9. The molecular weight excluding hydrogens is 240 g/mol. The van der Waals surface area contributed by atoms with Gasteiger partial charge in [0, 0.05) is 12.0 Å². The largest absolute Gasteiger partial charge is 0.456 e. The molecule has 106 valence electrons. The molecular formula is C16H24O3. The summed E-state index contributed by atoms with van der Waals surface area (Å²) in [6.45, 7) is 7.56. The zero-order chi connectivity index (χ0) is 13.9. The number of hydrogen-bond donors (Lipinski definition) is 1. The Morgan fingerprint density at radius 2 is 2.05 bits per heavy atom. The summed E-state index contributed by atoms with van der Waals surface area (Å²) >= 11 is 0. The Hall–Kier alpha value is -0.830.